The van der Waals surface area contributed by atoms with Gasteiger partial charge >= 0.3 is 0 Å². The quantitative estimate of drug-likeness (QED) is 0.428. The molecule has 1 heterocycles. The standard InChI is InChI=1S/C16H18O2S2/c1-2-19-11-18-16-5-3-4-12-8-13(6-7-15(12)16)17-9-14-10-20-14/h3-8,14H,2,9-11H2,1H3. The Bertz CT molecular complexity index is 582. The zero-order chi connectivity index (χ0) is 13.8. The summed E-state index contributed by atoms with van der Waals surface area (Å²) < 4.78 is 11.6. The smallest absolute Gasteiger partial charge is 0.134 e. The van der Waals surface area contributed by atoms with Crippen LogP contribution >= 0.6 is 23.5 Å². The summed E-state index contributed by atoms with van der Waals surface area (Å²) in [7, 11) is 0. The van der Waals surface area contributed by atoms with Crippen LogP contribution in [0, 0.1) is 0 Å². The molecule has 3 rings (SSSR count). The summed E-state index contributed by atoms with van der Waals surface area (Å²) in [6.07, 6.45) is 0. The van der Waals surface area contributed by atoms with Crippen molar-refractivity contribution in [3.05, 3.63) is 36.4 Å². The van der Waals surface area contributed by atoms with Gasteiger partial charge in [0.05, 0.1) is 0 Å². The van der Waals surface area contributed by atoms with Crippen LogP contribution in [0.25, 0.3) is 10.8 Å². The second-order valence-corrected chi connectivity index (χ2v) is 7.22. The molecule has 1 unspecified atom stereocenters. The van der Waals surface area contributed by atoms with E-state index in [2.05, 4.69) is 25.1 Å². The summed E-state index contributed by atoms with van der Waals surface area (Å²) in [6.45, 7) is 2.96. The number of ether oxygens (including phenoxy) is 2. The largest absolute Gasteiger partial charge is 0.492 e. The van der Waals surface area contributed by atoms with E-state index in [4.69, 9.17) is 9.47 Å². The molecule has 0 N–H and O–H groups in total. The second kappa shape index (κ2) is 6.64. The van der Waals surface area contributed by atoms with Crippen LogP contribution in [0.2, 0.25) is 0 Å². The highest BCUT2D eigenvalue weighted by molar-refractivity contribution is 8.06. The monoisotopic (exact) mass is 306 g/mol. The fourth-order valence-corrected chi connectivity index (χ4v) is 2.76. The molecule has 2 nitrogen and oxygen atoms in total. The summed E-state index contributed by atoms with van der Waals surface area (Å²) in [5, 5.41) is 3.02. The van der Waals surface area contributed by atoms with Crippen LogP contribution in [0.5, 0.6) is 11.5 Å². The first-order valence-electron chi connectivity index (χ1n) is 6.84. The SMILES string of the molecule is CCSCOc1cccc2cc(OCC3CS3)ccc12. The van der Waals surface area contributed by atoms with Gasteiger partial charge < -0.3 is 9.47 Å². The molecule has 1 atom stereocenters. The number of benzene rings is 2. The van der Waals surface area contributed by atoms with Gasteiger partial charge in [-0.25, -0.2) is 0 Å². The van der Waals surface area contributed by atoms with Gasteiger partial charge in [0, 0.05) is 16.4 Å². The fourth-order valence-electron chi connectivity index (χ4n) is 1.99. The molecule has 0 aromatic heterocycles. The van der Waals surface area contributed by atoms with Gasteiger partial charge in [-0.05, 0) is 35.4 Å². The maximum atomic E-state index is 5.83. The summed E-state index contributed by atoms with van der Waals surface area (Å²) in [4.78, 5) is 0. The lowest BCUT2D eigenvalue weighted by Gasteiger charge is -2.10. The third kappa shape index (κ3) is 3.55. The van der Waals surface area contributed by atoms with Crippen molar-refractivity contribution in [2.24, 2.45) is 0 Å². The van der Waals surface area contributed by atoms with Gasteiger partial charge in [0.2, 0.25) is 0 Å². The molecule has 0 radical (unpaired) electrons. The van der Waals surface area contributed by atoms with Gasteiger partial charge in [0.1, 0.15) is 24.0 Å². The molecule has 2 aromatic carbocycles. The molecule has 4 heteroatoms. The zero-order valence-electron chi connectivity index (χ0n) is 11.5. The van der Waals surface area contributed by atoms with Crippen molar-refractivity contribution in [2.45, 2.75) is 12.2 Å². The molecule has 1 fully saturated rings. The Balaban J connectivity index is 1.75. The number of fused-ring (bicyclic) bond motifs is 1. The maximum Gasteiger partial charge on any atom is 0.134 e. The molecule has 2 aromatic rings. The third-order valence-electron chi connectivity index (χ3n) is 3.15. The summed E-state index contributed by atoms with van der Waals surface area (Å²) in [6, 6.07) is 12.4. The number of thioether (sulfide) groups is 2. The average molecular weight is 306 g/mol. The van der Waals surface area contributed by atoms with Crippen molar-refractivity contribution >= 4 is 34.3 Å². The minimum Gasteiger partial charge on any atom is -0.492 e. The lowest BCUT2D eigenvalue weighted by atomic mass is 10.1. The van der Waals surface area contributed by atoms with Crippen LogP contribution in [-0.4, -0.2) is 29.3 Å². The molecular formula is C16H18O2S2. The predicted octanol–water partition coefficient (Wildman–Crippen LogP) is 4.42. The first-order valence-corrected chi connectivity index (χ1v) is 9.05. The van der Waals surface area contributed by atoms with Crippen molar-refractivity contribution in [2.75, 3.05) is 24.1 Å². The van der Waals surface area contributed by atoms with Gasteiger partial charge in [-0.2, -0.15) is 11.8 Å². The van der Waals surface area contributed by atoms with E-state index in [-0.39, 0.29) is 0 Å². The normalized spacial score (nSPS) is 17.1. The van der Waals surface area contributed by atoms with E-state index in [0.29, 0.717) is 11.2 Å². The Kier molecular flexibility index (Phi) is 4.63. The molecule has 106 valence electrons. The van der Waals surface area contributed by atoms with Crippen LogP contribution in [-0.2, 0) is 0 Å². The number of hydrogen-bond donors (Lipinski definition) is 0. The predicted molar refractivity (Wildman–Crippen MR) is 89.3 cm³/mol. The molecule has 20 heavy (non-hydrogen) atoms. The van der Waals surface area contributed by atoms with E-state index in [9.17, 15) is 0 Å². The molecule has 0 saturated carbocycles. The minimum atomic E-state index is 0.700. The first kappa shape index (κ1) is 14.0. The van der Waals surface area contributed by atoms with Gasteiger partial charge in [-0.3, -0.25) is 0 Å². The highest BCUT2D eigenvalue weighted by atomic mass is 32.2. The number of rotatable bonds is 7. The first-order chi connectivity index (χ1) is 9.86. The van der Waals surface area contributed by atoms with E-state index in [1.807, 2.05) is 30.0 Å². The lowest BCUT2D eigenvalue weighted by molar-refractivity contribution is 0.330. The molecule has 1 aliphatic heterocycles. The van der Waals surface area contributed by atoms with Gasteiger partial charge in [0.15, 0.2) is 0 Å². The molecule has 1 saturated heterocycles. The zero-order valence-corrected chi connectivity index (χ0v) is 13.1. The Hall–Kier alpha value is -1.00. The van der Waals surface area contributed by atoms with Crippen molar-refractivity contribution in [3.63, 3.8) is 0 Å². The molecule has 0 aliphatic carbocycles. The maximum absolute atomic E-state index is 5.83. The summed E-state index contributed by atoms with van der Waals surface area (Å²) in [5.41, 5.74) is 0. The van der Waals surface area contributed by atoms with Crippen molar-refractivity contribution in [1.29, 1.82) is 0 Å². The molecule has 1 aliphatic rings. The van der Waals surface area contributed by atoms with E-state index in [1.165, 1.54) is 11.1 Å². The van der Waals surface area contributed by atoms with Gasteiger partial charge in [-0.1, -0.05) is 19.1 Å². The molecule has 0 amide bonds. The molecule has 0 spiro atoms. The van der Waals surface area contributed by atoms with E-state index < -0.39 is 0 Å². The highest BCUT2D eigenvalue weighted by Gasteiger charge is 2.22. The minimum absolute atomic E-state index is 0.700. The average Bonchev–Trinajstić information content (AvgIpc) is 3.29. The summed E-state index contributed by atoms with van der Waals surface area (Å²) in [5.74, 6) is 4.91. The Morgan fingerprint density at radius 1 is 1.25 bits per heavy atom. The fraction of sp³-hybridized carbons (Fsp3) is 0.375. The Morgan fingerprint density at radius 3 is 2.95 bits per heavy atom. The highest BCUT2D eigenvalue weighted by Crippen LogP contribution is 2.32. The van der Waals surface area contributed by atoms with Crippen molar-refractivity contribution < 1.29 is 9.47 Å². The second-order valence-electron chi connectivity index (χ2n) is 4.66. The van der Waals surface area contributed by atoms with Crippen molar-refractivity contribution in [3.8, 4) is 11.5 Å². The van der Waals surface area contributed by atoms with Crippen molar-refractivity contribution in [1.82, 2.24) is 0 Å². The van der Waals surface area contributed by atoms with Crippen LogP contribution in [0.1, 0.15) is 6.92 Å². The van der Waals surface area contributed by atoms with Gasteiger partial charge in [-0.15, -0.1) is 11.8 Å². The van der Waals surface area contributed by atoms with Crippen LogP contribution < -0.4 is 9.47 Å². The van der Waals surface area contributed by atoms with Crippen LogP contribution in [0.3, 0.4) is 0 Å². The van der Waals surface area contributed by atoms with E-state index in [0.717, 1.165) is 29.2 Å². The van der Waals surface area contributed by atoms with Gasteiger partial charge in [0.25, 0.3) is 0 Å². The topological polar surface area (TPSA) is 18.5 Å². The lowest BCUT2D eigenvalue weighted by Crippen LogP contribution is -2.02. The Morgan fingerprint density at radius 2 is 2.15 bits per heavy atom. The third-order valence-corrected chi connectivity index (χ3v) is 4.79. The Labute approximate surface area is 128 Å². The molecule has 0 bridgehead atoms. The van der Waals surface area contributed by atoms with E-state index in [1.54, 1.807) is 11.8 Å². The number of hydrogen-bond acceptors (Lipinski definition) is 4. The summed E-state index contributed by atoms with van der Waals surface area (Å²) >= 11 is 3.74. The van der Waals surface area contributed by atoms with Crippen LogP contribution in [0.15, 0.2) is 36.4 Å². The van der Waals surface area contributed by atoms with Crippen LogP contribution in [0.4, 0.5) is 0 Å². The van der Waals surface area contributed by atoms with E-state index >= 15 is 0 Å². The molecular weight excluding hydrogens is 288 g/mol.